The molecular formula is C18H21ClN2O4. The van der Waals surface area contributed by atoms with Gasteiger partial charge in [-0.1, -0.05) is 11.6 Å². The summed E-state index contributed by atoms with van der Waals surface area (Å²) in [6, 6.07) is 7.04. The minimum absolute atomic E-state index is 0.00636. The first-order valence-corrected chi connectivity index (χ1v) is 8.80. The van der Waals surface area contributed by atoms with Crippen molar-refractivity contribution in [2.24, 2.45) is 11.8 Å². The fraction of sp³-hybridized carbons (Fsp3) is 0.500. The smallest absolute Gasteiger partial charge is 0.308 e. The number of halogens is 1. The molecule has 3 rings (SSSR count). The van der Waals surface area contributed by atoms with E-state index in [1.807, 2.05) is 0 Å². The lowest BCUT2D eigenvalue weighted by molar-refractivity contribution is -0.149. The summed E-state index contributed by atoms with van der Waals surface area (Å²) in [4.78, 5) is 40.0. The zero-order valence-electron chi connectivity index (χ0n) is 14.1. The Hall–Kier alpha value is -2.08. The molecule has 0 radical (unpaired) electrons. The number of benzene rings is 1. The predicted molar refractivity (Wildman–Crippen MR) is 93.2 cm³/mol. The zero-order chi connectivity index (χ0) is 18.0. The van der Waals surface area contributed by atoms with Crippen LogP contribution < -0.4 is 4.90 Å². The van der Waals surface area contributed by atoms with Crippen molar-refractivity contribution >= 4 is 35.1 Å². The van der Waals surface area contributed by atoms with Gasteiger partial charge in [0.05, 0.1) is 18.9 Å². The Morgan fingerprint density at radius 1 is 1.12 bits per heavy atom. The van der Waals surface area contributed by atoms with Gasteiger partial charge in [-0.15, -0.1) is 0 Å². The number of nitrogens with zero attached hydrogens (tertiary/aromatic N) is 2. The lowest BCUT2D eigenvalue weighted by Crippen LogP contribution is -2.43. The number of rotatable bonds is 3. The molecule has 134 valence electrons. The number of esters is 1. The molecule has 0 aromatic heterocycles. The third-order valence-corrected chi connectivity index (χ3v) is 5.21. The molecule has 1 aromatic rings. The standard InChI is InChI=1S/C18H21ClN2O4/c1-25-18(24)12-6-8-20(9-7-12)17(23)13-10-16(22)21(11-13)15-4-2-14(19)3-5-15/h2-5,12-13H,6-11H2,1H3. The average molecular weight is 365 g/mol. The van der Waals surface area contributed by atoms with Crippen molar-refractivity contribution in [2.75, 3.05) is 31.6 Å². The van der Waals surface area contributed by atoms with Crippen LogP contribution in [-0.2, 0) is 19.1 Å². The zero-order valence-corrected chi connectivity index (χ0v) is 14.9. The second kappa shape index (κ2) is 7.44. The molecule has 1 unspecified atom stereocenters. The highest BCUT2D eigenvalue weighted by atomic mass is 35.5. The third kappa shape index (κ3) is 3.79. The Bertz CT molecular complexity index is 668. The number of anilines is 1. The van der Waals surface area contributed by atoms with Gasteiger partial charge >= 0.3 is 5.97 Å². The third-order valence-electron chi connectivity index (χ3n) is 4.95. The summed E-state index contributed by atoms with van der Waals surface area (Å²) in [6.07, 6.45) is 1.44. The highest BCUT2D eigenvalue weighted by molar-refractivity contribution is 6.30. The molecule has 2 fully saturated rings. The monoisotopic (exact) mass is 364 g/mol. The van der Waals surface area contributed by atoms with Crippen LogP contribution >= 0.6 is 11.6 Å². The maximum Gasteiger partial charge on any atom is 0.308 e. The van der Waals surface area contributed by atoms with Crippen LogP contribution in [0.25, 0.3) is 0 Å². The molecule has 7 heteroatoms. The van der Waals surface area contributed by atoms with Gasteiger partial charge in [-0.2, -0.15) is 0 Å². The first-order valence-electron chi connectivity index (χ1n) is 8.42. The van der Waals surface area contributed by atoms with E-state index in [2.05, 4.69) is 0 Å². The summed E-state index contributed by atoms with van der Waals surface area (Å²) in [6.45, 7) is 1.45. The Labute approximate surface area is 151 Å². The number of carbonyl (C=O) groups is 3. The second-order valence-corrected chi connectivity index (χ2v) is 6.94. The van der Waals surface area contributed by atoms with Gasteiger partial charge in [0.25, 0.3) is 0 Å². The van der Waals surface area contributed by atoms with Crippen LogP contribution in [0.15, 0.2) is 24.3 Å². The van der Waals surface area contributed by atoms with Crippen molar-refractivity contribution in [2.45, 2.75) is 19.3 Å². The van der Waals surface area contributed by atoms with Gasteiger partial charge in [-0.05, 0) is 37.1 Å². The fourth-order valence-electron chi connectivity index (χ4n) is 3.50. The van der Waals surface area contributed by atoms with Gasteiger partial charge < -0.3 is 14.5 Å². The van der Waals surface area contributed by atoms with E-state index in [1.165, 1.54) is 7.11 Å². The summed E-state index contributed by atoms with van der Waals surface area (Å²) in [5.41, 5.74) is 0.758. The van der Waals surface area contributed by atoms with E-state index in [0.717, 1.165) is 5.69 Å². The quantitative estimate of drug-likeness (QED) is 0.770. The number of carbonyl (C=O) groups excluding carboxylic acids is 3. The topological polar surface area (TPSA) is 66.9 Å². The Morgan fingerprint density at radius 2 is 1.76 bits per heavy atom. The largest absolute Gasteiger partial charge is 0.469 e. The van der Waals surface area contributed by atoms with Crippen LogP contribution in [-0.4, -0.2) is 49.4 Å². The van der Waals surface area contributed by atoms with Crippen molar-refractivity contribution in [1.29, 1.82) is 0 Å². The van der Waals surface area contributed by atoms with E-state index in [9.17, 15) is 14.4 Å². The van der Waals surface area contributed by atoms with Crippen molar-refractivity contribution < 1.29 is 19.1 Å². The first-order chi connectivity index (χ1) is 12.0. The van der Waals surface area contributed by atoms with E-state index in [-0.39, 0.29) is 36.0 Å². The summed E-state index contributed by atoms with van der Waals surface area (Å²) >= 11 is 5.88. The summed E-state index contributed by atoms with van der Waals surface area (Å²) in [5.74, 6) is -0.738. The normalized spacial score (nSPS) is 21.5. The van der Waals surface area contributed by atoms with Gasteiger partial charge in [0.2, 0.25) is 11.8 Å². The van der Waals surface area contributed by atoms with Gasteiger partial charge in [0, 0.05) is 36.8 Å². The maximum absolute atomic E-state index is 12.7. The van der Waals surface area contributed by atoms with Gasteiger partial charge in [0.15, 0.2) is 0 Å². The van der Waals surface area contributed by atoms with E-state index in [1.54, 1.807) is 34.1 Å². The molecular weight excluding hydrogens is 344 g/mol. The van der Waals surface area contributed by atoms with Crippen LogP contribution in [0.1, 0.15) is 19.3 Å². The molecule has 2 aliphatic rings. The molecule has 2 heterocycles. The van der Waals surface area contributed by atoms with Crippen molar-refractivity contribution in [3.05, 3.63) is 29.3 Å². The molecule has 6 nitrogen and oxygen atoms in total. The maximum atomic E-state index is 12.7. The summed E-state index contributed by atoms with van der Waals surface area (Å²) in [5, 5.41) is 0.608. The Balaban J connectivity index is 1.60. The highest BCUT2D eigenvalue weighted by Crippen LogP contribution is 2.28. The number of hydrogen-bond acceptors (Lipinski definition) is 4. The molecule has 1 aromatic carbocycles. The number of likely N-dealkylation sites (tertiary alicyclic amines) is 1. The summed E-state index contributed by atoms with van der Waals surface area (Å²) in [7, 11) is 1.38. The van der Waals surface area contributed by atoms with Crippen LogP contribution in [0.4, 0.5) is 5.69 Å². The van der Waals surface area contributed by atoms with Crippen molar-refractivity contribution in [3.63, 3.8) is 0 Å². The number of methoxy groups -OCH3 is 1. The molecule has 0 N–H and O–H groups in total. The Kier molecular flexibility index (Phi) is 5.27. The molecule has 0 bridgehead atoms. The second-order valence-electron chi connectivity index (χ2n) is 6.50. The predicted octanol–water partition coefficient (Wildman–Crippen LogP) is 2.10. The SMILES string of the molecule is COC(=O)C1CCN(C(=O)C2CC(=O)N(c3ccc(Cl)cc3)C2)CC1. The molecule has 2 aliphatic heterocycles. The van der Waals surface area contributed by atoms with Crippen molar-refractivity contribution in [1.82, 2.24) is 4.90 Å². The molecule has 0 spiro atoms. The number of piperidine rings is 1. The molecule has 2 saturated heterocycles. The molecule has 1 atom stereocenters. The lowest BCUT2D eigenvalue weighted by atomic mass is 9.95. The summed E-state index contributed by atoms with van der Waals surface area (Å²) < 4.78 is 4.77. The van der Waals surface area contributed by atoms with E-state index in [0.29, 0.717) is 37.5 Å². The average Bonchev–Trinajstić information content (AvgIpc) is 3.03. The molecule has 0 aliphatic carbocycles. The number of hydrogen-bond donors (Lipinski definition) is 0. The first kappa shape index (κ1) is 17.7. The van der Waals surface area contributed by atoms with E-state index < -0.39 is 0 Å². The van der Waals surface area contributed by atoms with Gasteiger partial charge in [-0.25, -0.2) is 0 Å². The van der Waals surface area contributed by atoms with Gasteiger partial charge in [0.1, 0.15) is 0 Å². The van der Waals surface area contributed by atoms with Crippen LogP contribution in [0.5, 0.6) is 0 Å². The molecule has 0 saturated carbocycles. The Morgan fingerprint density at radius 3 is 2.36 bits per heavy atom. The van der Waals surface area contributed by atoms with E-state index in [4.69, 9.17) is 16.3 Å². The lowest BCUT2D eigenvalue weighted by Gasteiger charge is -2.32. The van der Waals surface area contributed by atoms with Crippen LogP contribution in [0.2, 0.25) is 5.02 Å². The van der Waals surface area contributed by atoms with Crippen LogP contribution in [0.3, 0.4) is 0 Å². The fourth-order valence-corrected chi connectivity index (χ4v) is 3.63. The highest BCUT2D eigenvalue weighted by Gasteiger charge is 2.38. The molecule has 2 amide bonds. The van der Waals surface area contributed by atoms with E-state index >= 15 is 0 Å². The van der Waals surface area contributed by atoms with Crippen molar-refractivity contribution in [3.8, 4) is 0 Å². The number of amides is 2. The number of ether oxygens (including phenoxy) is 1. The van der Waals surface area contributed by atoms with Gasteiger partial charge in [-0.3, -0.25) is 14.4 Å². The molecule has 25 heavy (non-hydrogen) atoms. The minimum Gasteiger partial charge on any atom is -0.469 e. The van der Waals surface area contributed by atoms with Crippen LogP contribution in [0, 0.1) is 11.8 Å². The minimum atomic E-state index is -0.335.